The topological polar surface area (TPSA) is 72.6 Å². The first-order chi connectivity index (χ1) is 15.7. The number of aromatic nitrogens is 2. The second-order valence-corrected chi connectivity index (χ2v) is 8.29. The maximum absolute atomic E-state index is 6.45. The van der Waals surface area contributed by atoms with Crippen molar-refractivity contribution in [2.45, 2.75) is 19.3 Å². The van der Waals surface area contributed by atoms with Crippen LogP contribution >= 0.6 is 11.6 Å². The summed E-state index contributed by atoms with van der Waals surface area (Å²) >= 11 is 6.45. The van der Waals surface area contributed by atoms with Gasteiger partial charge >= 0.3 is 0 Å². The average Bonchev–Trinajstić information content (AvgIpc) is 3.50. The molecule has 0 radical (unpaired) electrons. The van der Waals surface area contributed by atoms with Crippen LogP contribution in [0.5, 0.6) is 11.5 Å². The molecular weight excluding hydrogens is 428 g/mol. The highest BCUT2D eigenvalue weighted by atomic mass is 35.5. The largest absolute Gasteiger partial charge is 0.493 e. The van der Waals surface area contributed by atoms with Crippen molar-refractivity contribution in [1.29, 1.82) is 0 Å². The zero-order chi connectivity index (χ0) is 21.9. The highest BCUT2D eigenvalue weighted by molar-refractivity contribution is 6.35. The quantitative estimate of drug-likeness (QED) is 0.346. The van der Waals surface area contributed by atoms with Crippen molar-refractivity contribution < 1.29 is 13.9 Å². The first kappa shape index (κ1) is 20.8. The molecule has 0 unspecified atom stereocenters. The van der Waals surface area contributed by atoms with Crippen LogP contribution in [0.25, 0.3) is 21.9 Å². The highest BCUT2D eigenvalue weighted by Crippen LogP contribution is 2.38. The van der Waals surface area contributed by atoms with Crippen LogP contribution in [0.4, 0.5) is 11.5 Å². The molecule has 0 bridgehead atoms. The van der Waals surface area contributed by atoms with Gasteiger partial charge in [0.05, 0.1) is 30.5 Å². The molecular formula is C24H25ClN4O3. The van der Waals surface area contributed by atoms with Gasteiger partial charge in [-0.3, -0.25) is 0 Å². The van der Waals surface area contributed by atoms with Gasteiger partial charge in [0.2, 0.25) is 0 Å². The van der Waals surface area contributed by atoms with Gasteiger partial charge in [-0.05, 0) is 56.6 Å². The number of hydrogen-bond donors (Lipinski definition) is 1. The maximum Gasteiger partial charge on any atom is 0.163 e. The van der Waals surface area contributed by atoms with Gasteiger partial charge in [-0.2, -0.15) is 0 Å². The lowest BCUT2D eigenvalue weighted by atomic mass is 10.2. The van der Waals surface area contributed by atoms with Gasteiger partial charge in [-0.15, -0.1) is 0 Å². The van der Waals surface area contributed by atoms with Gasteiger partial charge in [0.25, 0.3) is 0 Å². The molecule has 1 saturated heterocycles. The summed E-state index contributed by atoms with van der Waals surface area (Å²) in [5, 5.41) is 5.62. The number of ether oxygens (including phenoxy) is 2. The van der Waals surface area contributed by atoms with E-state index in [9.17, 15) is 0 Å². The number of halogens is 1. The molecule has 1 N–H and O–H groups in total. The number of rotatable bonds is 8. The Morgan fingerprint density at radius 2 is 2.00 bits per heavy atom. The van der Waals surface area contributed by atoms with E-state index in [1.807, 2.05) is 30.3 Å². The Hall–Kier alpha value is -3.03. The highest BCUT2D eigenvalue weighted by Gasteiger charge is 2.16. The van der Waals surface area contributed by atoms with E-state index in [0.29, 0.717) is 40.2 Å². The fourth-order valence-electron chi connectivity index (χ4n) is 4.16. The number of methoxy groups -OCH3 is 1. The SMILES string of the molecule is COc1cc2c(Nc3c(Cl)ccc4ccoc34)ncnc2cc1OCCCN1CCCC1. The Balaban J connectivity index is 1.40. The van der Waals surface area contributed by atoms with Crippen LogP contribution in [-0.2, 0) is 0 Å². The molecule has 0 saturated carbocycles. The summed E-state index contributed by atoms with van der Waals surface area (Å²) in [6.45, 7) is 4.08. The first-order valence-corrected chi connectivity index (χ1v) is 11.2. The molecule has 0 aliphatic carbocycles. The van der Waals surface area contributed by atoms with Crippen LogP contribution < -0.4 is 14.8 Å². The summed E-state index contributed by atoms with van der Waals surface area (Å²) in [5.41, 5.74) is 2.09. The van der Waals surface area contributed by atoms with E-state index >= 15 is 0 Å². The van der Waals surface area contributed by atoms with E-state index in [-0.39, 0.29) is 0 Å². The zero-order valence-electron chi connectivity index (χ0n) is 17.9. The lowest BCUT2D eigenvalue weighted by Crippen LogP contribution is -2.21. The van der Waals surface area contributed by atoms with Crippen molar-refractivity contribution in [1.82, 2.24) is 14.9 Å². The molecule has 3 heterocycles. The minimum Gasteiger partial charge on any atom is -0.493 e. The van der Waals surface area contributed by atoms with Crippen LogP contribution in [0.3, 0.4) is 0 Å². The van der Waals surface area contributed by atoms with Crippen LogP contribution in [0.1, 0.15) is 19.3 Å². The van der Waals surface area contributed by atoms with E-state index in [2.05, 4.69) is 20.2 Å². The molecule has 2 aromatic heterocycles. The Morgan fingerprint density at radius 3 is 2.84 bits per heavy atom. The first-order valence-electron chi connectivity index (χ1n) is 10.8. The van der Waals surface area contributed by atoms with Crippen molar-refractivity contribution in [3.63, 3.8) is 0 Å². The molecule has 32 heavy (non-hydrogen) atoms. The Bertz CT molecular complexity index is 1240. The maximum atomic E-state index is 6.45. The minimum absolute atomic E-state index is 0.545. The van der Waals surface area contributed by atoms with Crippen LogP contribution in [0.2, 0.25) is 5.02 Å². The van der Waals surface area contributed by atoms with Gasteiger partial charge < -0.3 is 24.1 Å². The molecule has 0 amide bonds. The second-order valence-electron chi connectivity index (χ2n) is 7.88. The van der Waals surface area contributed by atoms with Crippen molar-refractivity contribution in [3.8, 4) is 11.5 Å². The van der Waals surface area contributed by atoms with E-state index < -0.39 is 0 Å². The predicted octanol–water partition coefficient (Wildman–Crippen LogP) is 5.65. The summed E-state index contributed by atoms with van der Waals surface area (Å²) in [6.07, 6.45) is 6.73. The third-order valence-electron chi connectivity index (χ3n) is 5.81. The van der Waals surface area contributed by atoms with Crippen molar-refractivity contribution in [3.05, 3.63) is 47.9 Å². The van der Waals surface area contributed by atoms with E-state index in [4.69, 9.17) is 25.5 Å². The molecule has 0 spiro atoms. The fraction of sp³-hybridized carbons (Fsp3) is 0.333. The number of nitrogens with zero attached hydrogens (tertiary/aromatic N) is 3. The lowest BCUT2D eigenvalue weighted by molar-refractivity contribution is 0.254. The zero-order valence-corrected chi connectivity index (χ0v) is 18.7. The fourth-order valence-corrected chi connectivity index (χ4v) is 4.35. The predicted molar refractivity (Wildman–Crippen MR) is 126 cm³/mol. The average molecular weight is 453 g/mol. The Morgan fingerprint density at radius 1 is 1.12 bits per heavy atom. The molecule has 7 nitrogen and oxygen atoms in total. The number of hydrogen-bond acceptors (Lipinski definition) is 7. The third-order valence-corrected chi connectivity index (χ3v) is 6.12. The number of anilines is 2. The molecule has 1 fully saturated rings. The normalized spacial score (nSPS) is 14.3. The summed E-state index contributed by atoms with van der Waals surface area (Å²) < 4.78 is 17.3. The van der Waals surface area contributed by atoms with Crippen LogP contribution in [0, 0.1) is 0 Å². The molecule has 1 aliphatic rings. The van der Waals surface area contributed by atoms with E-state index in [0.717, 1.165) is 29.3 Å². The summed E-state index contributed by atoms with van der Waals surface area (Å²) in [5.74, 6) is 1.93. The van der Waals surface area contributed by atoms with Crippen LogP contribution in [-0.4, -0.2) is 48.2 Å². The van der Waals surface area contributed by atoms with E-state index in [1.165, 1.54) is 32.3 Å². The lowest BCUT2D eigenvalue weighted by Gasteiger charge is -2.16. The summed E-state index contributed by atoms with van der Waals surface area (Å²) in [6, 6.07) is 9.43. The molecule has 5 rings (SSSR count). The van der Waals surface area contributed by atoms with Crippen LogP contribution in [0.15, 0.2) is 47.3 Å². The molecule has 1 aliphatic heterocycles. The van der Waals surface area contributed by atoms with Gasteiger partial charge in [0.1, 0.15) is 17.8 Å². The van der Waals surface area contributed by atoms with Crippen molar-refractivity contribution in [2.75, 3.05) is 38.7 Å². The summed E-state index contributed by atoms with van der Waals surface area (Å²) in [7, 11) is 1.63. The standard InChI is InChI=1S/C24H25ClN4O3/c1-30-20-13-17-19(14-21(20)31-11-4-10-29-8-2-3-9-29)26-15-27-24(17)28-22-18(25)6-5-16-7-12-32-23(16)22/h5-7,12-15H,2-4,8-11H2,1H3,(H,26,27,28). The number of benzene rings is 2. The number of furan rings is 1. The number of fused-ring (bicyclic) bond motifs is 2. The molecule has 8 heteroatoms. The summed E-state index contributed by atoms with van der Waals surface area (Å²) in [4.78, 5) is 11.4. The Labute approximate surface area is 191 Å². The van der Waals surface area contributed by atoms with Gasteiger partial charge in [-0.25, -0.2) is 9.97 Å². The Kier molecular flexibility index (Phi) is 6.01. The smallest absolute Gasteiger partial charge is 0.163 e. The van der Waals surface area contributed by atoms with Gasteiger partial charge in [0.15, 0.2) is 17.1 Å². The van der Waals surface area contributed by atoms with E-state index in [1.54, 1.807) is 13.4 Å². The van der Waals surface area contributed by atoms with Gasteiger partial charge in [0, 0.05) is 23.4 Å². The minimum atomic E-state index is 0.545. The number of likely N-dealkylation sites (tertiary alicyclic amines) is 1. The van der Waals surface area contributed by atoms with Crippen molar-refractivity contribution in [2.24, 2.45) is 0 Å². The second kappa shape index (κ2) is 9.22. The monoisotopic (exact) mass is 452 g/mol. The van der Waals surface area contributed by atoms with Gasteiger partial charge in [-0.1, -0.05) is 11.6 Å². The third kappa shape index (κ3) is 4.18. The molecule has 0 atom stereocenters. The molecule has 4 aromatic rings. The molecule has 2 aromatic carbocycles. The van der Waals surface area contributed by atoms with Crippen molar-refractivity contribution >= 4 is 45.0 Å². The molecule has 166 valence electrons. The number of nitrogens with one attached hydrogen (secondary N) is 1.